The summed E-state index contributed by atoms with van der Waals surface area (Å²) < 4.78 is 15.7. The molecule has 3 aromatic rings. The molecule has 28 heavy (non-hydrogen) atoms. The third kappa shape index (κ3) is 4.40. The summed E-state index contributed by atoms with van der Waals surface area (Å²) in [6.07, 6.45) is 2.18. The largest absolute Gasteiger partial charge is 0.396 e. The van der Waals surface area contributed by atoms with Crippen LogP contribution in [0.5, 0.6) is 0 Å². The molecule has 0 fully saturated rings. The molecule has 0 bridgehead atoms. The van der Waals surface area contributed by atoms with Crippen molar-refractivity contribution in [2.45, 2.75) is 38.8 Å². The highest BCUT2D eigenvalue weighted by Gasteiger charge is 2.16. The van der Waals surface area contributed by atoms with E-state index in [4.69, 9.17) is 5.11 Å². The lowest BCUT2D eigenvalue weighted by atomic mass is 10.1. The van der Waals surface area contributed by atoms with E-state index in [0.29, 0.717) is 35.8 Å². The van der Waals surface area contributed by atoms with Crippen molar-refractivity contribution < 1.29 is 14.6 Å². The van der Waals surface area contributed by atoms with Crippen LogP contribution in [0.25, 0.3) is 5.65 Å². The Labute approximate surface area is 163 Å². The van der Waals surface area contributed by atoms with Crippen molar-refractivity contribution in [3.63, 3.8) is 0 Å². The molecule has 4 N–H and O–H groups in total. The Morgan fingerprint density at radius 3 is 2.68 bits per heavy atom. The van der Waals surface area contributed by atoms with Crippen molar-refractivity contribution in [1.82, 2.24) is 14.6 Å². The van der Waals surface area contributed by atoms with Gasteiger partial charge in [-0.3, -0.25) is 0 Å². The van der Waals surface area contributed by atoms with Crippen LogP contribution in [0.1, 0.15) is 37.3 Å². The summed E-state index contributed by atoms with van der Waals surface area (Å²) in [5.74, 6) is 1.16. The van der Waals surface area contributed by atoms with Crippen LogP contribution >= 0.6 is 0 Å². The molecular formula is C20H26FN5O2. The maximum absolute atomic E-state index is 14.0. The molecule has 7 nitrogen and oxygen atoms in total. The molecule has 0 aliphatic rings. The van der Waals surface area contributed by atoms with E-state index in [2.05, 4.69) is 34.6 Å². The Morgan fingerprint density at radius 2 is 2.00 bits per heavy atom. The smallest absolute Gasteiger partial charge is 0.163 e. The Morgan fingerprint density at radius 1 is 1.21 bits per heavy atom. The van der Waals surface area contributed by atoms with E-state index in [-0.39, 0.29) is 31.0 Å². The molecule has 1 atom stereocenters. The van der Waals surface area contributed by atoms with Gasteiger partial charge in [0.2, 0.25) is 0 Å². The quantitative estimate of drug-likeness (QED) is 0.451. The Balaban J connectivity index is 1.95. The molecule has 1 aromatic carbocycles. The number of halogens is 1. The van der Waals surface area contributed by atoms with Crippen molar-refractivity contribution in [2.75, 3.05) is 23.8 Å². The van der Waals surface area contributed by atoms with Gasteiger partial charge in [0.15, 0.2) is 5.65 Å². The average molecular weight is 387 g/mol. The second kappa shape index (κ2) is 8.99. The lowest BCUT2D eigenvalue weighted by Gasteiger charge is -2.18. The molecule has 150 valence electrons. The van der Waals surface area contributed by atoms with Crippen LogP contribution in [0.2, 0.25) is 0 Å². The van der Waals surface area contributed by atoms with Gasteiger partial charge >= 0.3 is 0 Å². The van der Waals surface area contributed by atoms with Gasteiger partial charge in [0.05, 0.1) is 18.8 Å². The monoisotopic (exact) mass is 387 g/mol. The van der Waals surface area contributed by atoms with E-state index < -0.39 is 0 Å². The fourth-order valence-corrected chi connectivity index (χ4v) is 2.99. The van der Waals surface area contributed by atoms with Crippen molar-refractivity contribution in [1.29, 1.82) is 0 Å². The first-order valence-corrected chi connectivity index (χ1v) is 9.37. The van der Waals surface area contributed by atoms with E-state index in [1.54, 1.807) is 35.0 Å². The standard InChI is InChI=1S/C20H26FN5O2/c1-13(2)16-11-23-26-19(22-10-14-5-3-4-6-17(14)21)9-18(25-20(16)26)24-15(12-28)7-8-27/h3-6,9,11,13,15,22,27-28H,7-8,10,12H2,1-2H3,(H,24,25)/t15-/m0/s1. The SMILES string of the molecule is CC(C)c1cnn2c(NCc3ccccc3F)cc(N[C@H](CO)CCO)nc12. The Hall–Kier alpha value is -2.71. The number of aliphatic hydroxyl groups excluding tert-OH is 2. The highest BCUT2D eigenvalue weighted by atomic mass is 19.1. The minimum absolute atomic E-state index is 0.0389. The van der Waals surface area contributed by atoms with Gasteiger partial charge in [-0.1, -0.05) is 32.0 Å². The molecule has 0 saturated heterocycles. The highest BCUT2D eigenvalue weighted by Crippen LogP contribution is 2.25. The van der Waals surface area contributed by atoms with E-state index in [1.807, 2.05) is 0 Å². The lowest BCUT2D eigenvalue weighted by Crippen LogP contribution is -2.25. The summed E-state index contributed by atoms with van der Waals surface area (Å²) in [4.78, 5) is 4.64. The molecule has 0 spiro atoms. The zero-order chi connectivity index (χ0) is 20.1. The molecule has 3 rings (SSSR count). The van der Waals surface area contributed by atoms with Gasteiger partial charge in [-0.15, -0.1) is 0 Å². The van der Waals surface area contributed by atoms with E-state index in [1.165, 1.54) is 6.07 Å². The van der Waals surface area contributed by atoms with E-state index in [9.17, 15) is 9.50 Å². The predicted octanol–water partition coefficient (Wildman–Crippen LogP) is 2.76. The van der Waals surface area contributed by atoms with Gasteiger partial charge in [0.25, 0.3) is 0 Å². The van der Waals surface area contributed by atoms with Crippen LogP contribution in [0.3, 0.4) is 0 Å². The number of hydrogen-bond acceptors (Lipinski definition) is 6. The van der Waals surface area contributed by atoms with Crippen molar-refractivity contribution in [3.05, 3.63) is 53.5 Å². The lowest BCUT2D eigenvalue weighted by molar-refractivity contribution is 0.228. The molecule has 8 heteroatoms. The van der Waals surface area contributed by atoms with Crippen LogP contribution in [0.4, 0.5) is 16.0 Å². The minimum Gasteiger partial charge on any atom is -0.396 e. The predicted molar refractivity (Wildman–Crippen MR) is 107 cm³/mol. The summed E-state index contributed by atoms with van der Waals surface area (Å²) >= 11 is 0. The minimum atomic E-state index is -0.315. The zero-order valence-electron chi connectivity index (χ0n) is 16.1. The molecule has 0 radical (unpaired) electrons. The van der Waals surface area contributed by atoms with Gasteiger partial charge < -0.3 is 20.8 Å². The number of benzene rings is 1. The first-order chi connectivity index (χ1) is 13.5. The molecule has 0 amide bonds. The van der Waals surface area contributed by atoms with E-state index >= 15 is 0 Å². The number of nitrogens with one attached hydrogen (secondary N) is 2. The van der Waals surface area contributed by atoms with Crippen molar-refractivity contribution in [3.8, 4) is 0 Å². The van der Waals surface area contributed by atoms with Gasteiger partial charge in [-0.2, -0.15) is 9.61 Å². The molecule has 0 unspecified atom stereocenters. The van der Waals surface area contributed by atoms with Gasteiger partial charge in [0.1, 0.15) is 17.5 Å². The third-order valence-corrected chi connectivity index (χ3v) is 4.59. The highest BCUT2D eigenvalue weighted by molar-refractivity contribution is 5.61. The summed E-state index contributed by atoms with van der Waals surface area (Å²) in [6, 6.07) is 8.06. The topological polar surface area (TPSA) is 94.7 Å². The van der Waals surface area contributed by atoms with Crippen LogP contribution in [-0.2, 0) is 6.54 Å². The van der Waals surface area contributed by atoms with Crippen LogP contribution in [0.15, 0.2) is 36.5 Å². The Bertz CT molecular complexity index is 928. The van der Waals surface area contributed by atoms with Gasteiger partial charge in [-0.25, -0.2) is 9.37 Å². The summed E-state index contributed by atoms with van der Waals surface area (Å²) in [5, 5.41) is 29.5. The van der Waals surface area contributed by atoms with Gasteiger partial charge in [-0.05, 0) is 18.4 Å². The second-order valence-electron chi connectivity index (χ2n) is 7.00. The molecule has 0 saturated carbocycles. The zero-order valence-corrected chi connectivity index (χ0v) is 16.1. The summed E-state index contributed by atoms with van der Waals surface area (Å²) in [6.45, 7) is 4.26. The number of rotatable bonds is 9. The van der Waals surface area contributed by atoms with Crippen LogP contribution in [-0.4, -0.2) is 44.1 Å². The number of anilines is 2. The summed E-state index contributed by atoms with van der Waals surface area (Å²) in [5.41, 5.74) is 2.23. The van der Waals surface area contributed by atoms with Gasteiger partial charge in [0, 0.05) is 30.3 Å². The summed E-state index contributed by atoms with van der Waals surface area (Å²) in [7, 11) is 0. The first-order valence-electron chi connectivity index (χ1n) is 9.37. The van der Waals surface area contributed by atoms with Crippen molar-refractivity contribution in [2.24, 2.45) is 0 Å². The second-order valence-corrected chi connectivity index (χ2v) is 7.00. The molecule has 0 aliphatic heterocycles. The number of nitrogens with zero attached hydrogens (tertiary/aromatic N) is 3. The number of aliphatic hydroxyl groups is 2. The fraction of sp³-hybridized carbons (Fsp3) is 0.400. The maximum atomic E-state index is 14.0. The number of hydrogen-bond donors (Lipinski definition) is 4. The normalized spacial score (nSPS) is 12.5. The van der Waals surface area contributed by atoms with Crippen LogP contribution < -0.4 is 10.6 Å². The Kier molecular flexibility index (Phi) is 6.43. The first kappa shape index (κ1) is 20.0. The molecule has 2 heterocycles. The molecular weight excluding hydrogens is 361 g/mol. The average Bonchev–Trinajstić information content (AvgIpc) is 3.11. The molecule has 2 aromatic heterocycles. The fourth-order valence-electron chi connectivity index (χ4n) is 2.99. The van der Waals surface area contributed by atoms with E-state index in [0.717, 1.165) is 5.56 Å². The third-order valence-electron chi connectivity index (χ3n) is 4.59. The molecule has 0 aliphatic carbocycles. The number of aromatic nitrogens is 3. The maximum Gasteiger partial charge on any atom is 0.163 e. The van der Waals surface area contributed by atoms with Crippen LogP contribution in [0, 0.1) is 5.82 Å². The number of fused-ring (bicyclic) bond motifs is 1. The van der Waals surface area contributed by atoms with Crippen molar-refractivity contribution >= 4 is 17.3 Å².